The van der Waals surface area contributed by atoms with E-state index in [2.05, 4.69) is 5.32 Å². The Labute approximate surface area is 120 Å². The first-order valence-electron chi connectivity index (χ1n) is 5.54. The summed E-state index contributed by atoms with van der Waals surface area (Å²) in [4.78, 5) is 11.2. The smallest absolute Gasteiger partial charge is 0.0912 e. The Kier molecular flexibility index (Phi) is 4.30. The molecule has 1 atom stereocenters. The molecule has 0 saturated heterocycles. The van der Waals surface area contributed by atoms with Crippen LogP contribution in [0, 0.1) is 0 Å². The minimum absolute atomic E-state index is 0.526. The minimum atomic E-state index is -1.22. The average Bonchev–Trinajstić information content (AvgIpc) is 2.37. The largest absolute Gasteiger partial charge is 0.548 e. The van der Waals surface area contributed by atoms with E-state index in [-0.39, 0.29) is 0 Å². The first-order valence-corrected chi connectivity index (χ1v) is 6.30. The number of carbonyl (C=O) groups excluding carboxylic acids is 1. The van der Waals surface area contributed by atoms with Crippen LogP contribution in [-0.2, 0) is 4.79 Å². The lowest BCUT2D eigenvalue weighted by Gasteiger charge is -2.21. The molecule has 0 heterocycles. The fourth-order valence-electron chi connectivity index (χ4n) is 1.68. The van der Waals surface area contributed by atoms with Crippen molar-refractivity contribution in [2.45, 2.75) is 6.04 Å². The van der Waals surface area contributed by atoms with Gasteiger partial charge in [-0.05, 0) is 35.9 Å². The second-order valence-corrected chi connectivity index (χ2v) is 4.83. The Morgan fingerprint density at radius 1 is 1.05 bits per heavy atom. The van der Waals surface area contributed by atoms with Gasteiger partial charge in [0.1, 0.15) is 0 Å². The van der Waals surface area contributed by atoms with Crippen molar-refractivity contribution in [2.75, 3.05) is 5.32 Å². The van der Waals surface area contributed by atoms with Crippen LogP contribution in [-0.4, -0.2) is 5.97 Å². The number of halogens is 2. The van der Waals surface area contributed by atoms with E-state index in [1.54, 1.807) is 48.5 Å². The Morgan fingerprint density at radius 3 is 2.32 bits per heavy atom. The van der Waals surface area contributed by atoms with E-state index in [0.29, 0.717) is 21.3 Å². The summed E-state index contributed by atoms with van der Waals surface area (Å²) in [6.07, 6.45) is 0. The number of carboxylic acid groups (broad SMARTS) is 1. The van der Waals surface area contributed by atoms with Gasteiger partial charge in [-0.1, -0.05) is 41.4 Å². The molecule has 0 aliphatic rings. The highest BCUT2D eigenvalue weighted by atomic mass is 35.5. The van der Waals surface area contributed by atoms with Crippen molar-refractivity contribution < 1.29 is 9.90 Å². The third-order valence-electron chi connectivity index (χ3n) is 2.57. The monoisotopic (exact) mass is 294 g/mol. The minimum Gasteiger partial charge on any atom is -0.548 e. The third kappa shape index (κ3) is 3.63. The van der Waals surface area contributed by atoms with Crippen molar-refractivity contribution in [3.8, 4) is 0 Å². The van der Waals surface area contributed by atoms with Crippen LogP contribution >= 0.6 is 23.2 Å². The van der Waals surface area contributed by atoms with Gasteiger partial charge in [0.15, 0.2) is 0 Å². The molecular formula is C14H10Cl2NO2-. The highest BCUT2D eigenvalue weighted by Gasteiger charge is 2.12. The van der Waals surface area contributed by atoms with Crippen LogP contribution in [0.25, 0.3) is 0 Å². The molecule has 0 saturated carbocycles. The zero-order chi connectivity index (χ0) is 13.8. The van der Waals surface area contributed by atoms with Crippen molar-refractivity contribution in [1.29, 1.82) is 0 Å². The molecule has 0 unspecified atom stereocenters. The van der Waals surface area contributed by atoms with E-state index in [1.807, 2.05) is 0 Å². The van der Waals surface area contributed by atoms with Gasteiger partial charge < -0.3 is 15.2 Å². The van der Waals surface area contributed by atoms with E-state index in [9.17, 15) is 9.90 Å². The Bertz CT molecular complexity index is 584. The van der Waals surface area contributed by atoms with Gasteiger partial charge in [0, 0.05) is 15.7 Å². The zero-order valence-corrected chi connectivity index (χ0v) is 11.3. The van der Waals surface area contributed by atoms with Crippen LogP contribution in [0.2, 0.25) is 10.0 Å². The van der Waals surface area contributed by atoms with Gasteiger partial charge in [-0.3, -0.25) is 0 Å². The fourth-order valence-corrected chi connectivity index (χ4v) is 1.99. The molecule has 5 heteroatoms. The molecule has 98 valence electrons. The van der Waals surface area contributed by atoms with E-state index >= 15 is 0 Å². The molecule has 0 amide bonds. The molecule has 0 spiro atoms. The van der Waals surface area contributed by atoms with Crippen molar-refractivity contribution in [2.24, 2.45) is 0 Å². The third-order valence-corrected chi connectivity index (χ3v) is 3.06. The predicted octanol–water partition coefficient (Wildman–Crippen LogP) is 2.90. The summed E-state index contributed by atoms with van der Waals surface area (Å²) in [5.41, 5.74) is 1.17. The summed E-state index contributed by atoms with van der Waals surface area (Å²) in [6, 6.07) is 12.4. The van der Waals surface area contributed by atoms with E-state index in [4.69, 9.17) is 23.2 Å². The first-order chi connectivity index (χ1) is 9.06. The zero-order valence-electron chi connectivity index (χ0n) is 9.77. The Balaban J connectivity index is 2.26. The molecule has 3 nitrogen and oxygen atoms in total. The van der Waals surface area contributed by atoms with Crippen LogP contribution < -0.4 is 10.4 Å². The number of anilines is 1. The highest BCUT2D eigenvalue weighted by molar-refractivity contribution is 6.31. The van der Waals surface area contributed by atoms with Gasteiger partial charge in [-0.15, -0.1) is 0 Å². The van der Waals surface area contributed by atoms with Crippen LogP contribution in [0.4, 0.5) is 5.69 Å². The Hall–Kier alpha value is -1.71. The number of aliphatic carboxylic acids is 1. The molecule has 0 bridgehead atoms. The molecule has 0 aliphatic heterocycles. The number of benzene rings is 2. The van der Waals surface area contributed by atoms with Gasteiger partial charge >= 0.3 is 0 Å². The van der Waals surface area contributed by atoms with Gasteiger partial charge in [-0.25, -0.2) is 0 Å². The molecule has 0 aliphatic carbocycles. The molecular weight excluding hydrogens is 285 g/mol. The molecule has 2 aromatic rings. The lowest BCUT2D eigenvalue weighted by molar-refractivity contribution is -0.307. The van der Waals surface area contributed by atoms with Gasteiger partial charge in [0.05, 0.1) is 12.0 Å². The van der Waals surface area contributed by atoms with E-state index < -0.39 is 12.0 Å². The molecule has 2 rings (SSSR count). The quantitative estimate of drug-likeness (QED) is 0.943. The van der Waals surface area contributed by atoms with Crippen molar-refractivity contribution in [1.82, 2.24) is 0 Å². The van der Waals surface area contributed by atoms with Gasteiger partial charge in [0.25, 0.3) is 0 Å². The second-order valence-electron chi connectivity index (χ2n) is 3.96. The van der Waals surface area contributed by atoms with E-state index in [0.717, 1.165) is 0 Å². The van der Waals surface area contributed by atoms with Crippen molar-refractivity contribution in [3.63, 3.8) is 0 Å². The molecule has 1 N–H and O–H groups in total. The SMILES string of the molecule is O=C([O-])[C@H](Nc1cccc(Cl)c1)c1ccc(Cl)cc1. The standard InChI is InChI=1S/C14H11Cl2NO2/c15-10-6-4-9(5-7-10)13(14(18)19)17-12-3-1-2-11(16)8-12/h1-8,13,17H,(H,18,19)/p-1/t13-/m1/s1. The summed E-state index contributed by atoms with van der Waals surface area (Å²) in [7, 11) is 0. The number of carbonyl (C=O) groups is 1. The molecule has 19 heavy (non-hydrogen) atoms. The first kappa shape index (κ1) is 13.7. The van der Waals surface area contributed by atoms with Gasteiger partial charge in [-0.2, -0.15) is 0 Å². The van der Waals surface area contributed by atoms with Crippen LogP contribution in [0.1, 0.15) is 11.6 Å². The molecule has 0 radical (unpaired) electrons. The maximum Gasteiger partial charge on any atom is 0.0912 e. The molecule has 2 aromatic carbocycles. The number of hydrogen-bond acceptors (Lipinski definition) is 3. The topological polar surface area (TPSA) is 52.2 Å². The lowest BCUT2D eigenvalue weighted by atomic mass is 10.1. The lowest BCUT2D eigenvalue weighted by Crippen LogP contribution is -2.34. The van der Waals surface area contributed by atoms with E-state index in [1.165, 1.54) is 0 Å². The number of carboxylic acids is 1. The Morgan fingerprint density at radius 2 is 1.74 bits per heavy atom. The summed E-state index contributed by atoms with van der Waals surface area (Å²) in [6.45, 7) is 0. The van der Waals surface area contributed by atoms with Crippen LogP contribution in [0.3, 0.4) is 0 Å². The highest BCUT2D eigenvalue weighted by Crippen LogP contribution is 2.23. The van der Waals surface area contributed by atoms with Crippen molar-refractivity contribution >= 4 is 34.9 Å². The predicted molar refractivity (Wildman–Crippen MR) is 74.3 cm³/mol. The summed E-state index contributed by atoms with van der Waals surface area (Å²) < 4.78 is 0. The summed E-state index contributed by atoms with van der Waals surface area (Å²) >= 11 is 11.6. The normalized spacial score (nSPS) is 11.9. The number of rotatable bonds is 4. The maximum atomic E-state index is 11.2. The maximum absolute atomic E-state index is 11.2. The average molecular weight is 295 g/mol. The number of nitrogens with one attached hydrogen (secondary N) is 1. The molecule has 0 aromatic heterocycles. The summed E-state index contributed by atoms with van der Waals surface area (Å²) in [5.74, 6) is -1.22. The van der Waals surface area contributed by atoms with Crippen molar-refractivity contribution in [3.05, 3.63) is 64.1 Å². The summed E-state index contributed by atoms with van der Waals surface area (Å²) in [5, 5.41) is 15.2. The fraction of sp³-hybridized carbons (Fsp3) is 0.0714. The molecule has 0 fully saturated rings. The van der Waals surface area contributed by atoms with Crippen LogP contribution in [0.5, 0.6) is 0 Å². The second kappa shape index (κ2) is 5.95. The van der Waals surface area contributed by atoms with Gasteiger partial charge in [0.2, 0.25) is 0 Å². The van der Waals surface area contributed by atoms with Crippen LogP contribution in [0.15, 0.2) is 48.5 Å². The number of hydrogen-bond donors (Lipinski definition) is 1.